The van der Waals surface area contributed by atoms with E-state index in [9.17, 15) is 0 Å². The highest BCUT2D eigenvalue weighted by Crippen LogP contribution is 2.02. The Morgan fingerprint density at radius 1 is 1.12 bits per heavy atom. The van der Waals surface area contributed by atoms with Crippen LogP contribution in [0.2, 0.25) is 0 Å². The molecule has 0 atom stereocenters. The Morgan fingerprint density at radius 2 is 1.88 bits per heavy atom. The molecule has 92 valence electrons. The predicted octanol–water partition coefficient (Wildman–Crippen LogP) is 1.83. The van der Waals surface area contributed by atoms with Gasteiger partial charge in [0.15, 0.2) is 0 Å². The first-order chi connectivity index (χ1) is 8.36. The number of hydrogen-bond donors (Lipinski definition) is 1. The van der Waals surface area contributed by atoms with Crippen molar-refractivity contribution in [3.8, 4) is 6.07 Å². The molecule has 0 unspecified atom stereocenters. The highest BCUT2D eigenvalue weighted by atomic mass is 16.3. The van der Waals surface area contributed by atoms with Crippen LogP contribution in [-0.2, 0) is 6.42 Å². The second kappa shape index (κ2) is 8.74. The van der Waals surface area contributed by atoms with Crippen LogP contribution < -0.4 is 0 Å². The molecule has 0 bridgehead atoms. The maximum absolute atomic E-state index is 8.98. The minimum absolute atomic E-state index is 0.182. The van der Waals surface area contributed by atoms with Gasteiger partial charge in [0.05, 0.1) is 12.7 Å². The van der Waals surface area contributed by atoms with Crippen LogP contribution in [0.4, 0.5) is 0 Å². The van der Waals surface area contributed by atoms with Crippen LogP contribution in [0.15, 0.2) is 30.3 Å². The number of nitriles is 1. The molecule has 0 radical (unpaired) electrons. The molecule has 1 rings (SSSR count). The summed E-state index contributed by atoms with van der Waals surface area (Å²) in [6, 6.07) is 12.5. The van der Waals surface area contributed by atoms with E-state index in [-0.39, 0.29) is 6.61 Å². The van der Waals surface area contributed by atoms with Gasteiger partial charge in [0.2, 0.25) is 0 Å². The van der Waals surface area contributed by atoms with Gasteiger partial charge in [0.25, 0.3) is 0 Å². The second-order valence-corrected chi connectivity index (χ2v) is 4.06. The minimum Gasteiger partial charge on any atom is -0.395 e. The molecule has 1 N–H and O–H groups in total. The molecule has 3 heteroatoms. The molecule has 0 aliphatic carbocycles. The second-order valence-electron chi connectivity index (χ2n) is 4.06. The zero-order chi connectivity index (χ0) is 12.3. The van der Waals surface area contributed by atoms with Crippen LogP contribution in [0.1, 0.15) is 18.4 Å². The van der Waals surface area contributed by atoms with Gasteiger partial charge in [-0.2, -0.15) is 5.26 Å². The summed E-state index contributed by atoms with van der Waals surface area (Å²) < 4.78 is 0. The van der Waals surface area contributed by atoms with E-state index in [1.165, 1.54) is 5.56 Å². The van der Waals surface area contributed by atoms with E-state index in [4.69, 9.17) is 10.4 Å². The molecule has 0 spiro atoms. The third kappa shape index (κ3) is 6.06. The van der Waals surface area contributed by atoms with Gasteiger partial charge in [-0.1, -0.05) is 30.3 Å². The molecule has 1 aromatic carbocycles. The van der Waals surface area contributed by atoms with Crippen molar-refractivity contribution in [1.82, 2.24) is 4.90 Å². The fourth-order valence-electron chi connectivity index (χ4n) is 1.79. The van der Waals surface area contributed by atoms with Gasteiger partial charge in [0.1, 0.15) is 0 Å². The highest BCUT2D eigenvalue weighted by molar-refractivity contribution is 5.14. The molecule has 17 heavy (non-hydrogen) atoms. The molecule has 0 amide bonds. The molecular formula is C14H20N2O. The van der Waals surface area contributed by atoms with E-state index in [2.05, 4.69) is 23.1 Å². The zero-order valence-corrected chi connectivity index (χ0v) is 10.2. The van der Waals surface area contributed by atoms with Crippen molar-refractivity contribution in [2.75, 3.05) is 26.2 Å². The largest absolute Gasteiger partial charge is 0.395 e. The summed E-state index contributed by atoms with van der Waals surface area (Å²) in [5.74, 6) is 0. The van der Waals surface area contributed by atoms with Crippen LogP contribution in [-0.4, -0.2) is 36.2 Å². The Hall–Kier alpha value is -1.37. The predicted molar refractivity (Wildman–Crippen MR) is 68.5 cm³/mol. The summed E-state index contributed by atoms with van der Waals surface area (Å²) in [4.78, 5) is 2.21. The fraction of sp³-hybridized carbons (Fsp3) is 0.500. The van der Waals surface area contributed by atoms with Crippen LogP contribution in [0.3, 0.4) is 0 Å². The number of benzene rings is 1. The van der Waals surface area contributed by atoms with E-state index >= 15 is 0 Å². The summed E-state index contributed by atoms with van der Waals surface area (Å²) in [6.07, 6.45) is 2.46. The van der Waals surface area contributed by atoms with Crippen molar-refractivity contribution < 1.29 is 5.11 Å². The highest BCUT2D eigenvalue weighted by Gasteiger charge is 2.04. The summed E-state index contributed by atoms with van der Waals surface area (Å²) in [6.45, 7) is 2.70. The van der Waals surface area contributed by atoms with E-state index in [0.717, 1.165) is 25.9 Å². The van der Waals surface area contributed by atoms with Gasteiger partial charge in [0, 0.05) is 19.5 Å². The van der Waals surface area contributed by atoms with Crippen LogP contribution in [0.5, 0.6) is 0 Å². The van der Waals surface area contributed by atoms with E-state index in [0.29, 0.717) is 13.0 Å². The lowest BCUT2D eigenvalue weighted by Gasteiger charge is -2.20. The number of unbranched alkanes of at least 4 members (excludes halogenated alkanes) is 1. The van der Waals surface area contributed by atoms with Gasteiger partial charge in [-0.25, -0.2) is 0 Å². The van der Waals surface area contributed by atoms with Crippen LogP contribution in [0, 0.1) is 11.3 Å². The first kappa shape index (κ1) is 13.7. The molecule has 0 aliphatic heterocycles. The lowest BCUT2D eigenvalue weighted by atomic mass is 10.1. The topological polar surface area (TPSA) is 47.3 Å². The van der Waals surface area contributed by atoms with Crippen molar-refractivity contribution >= 4 is 0 Å². The first-order valence-corrected chi connectivity index (χ1v) is 6.11. The van der Waals surface area contributed by atoms with Gasteiger partial charge in [-0.15, -0.1) is 0 Å². The van der Waals surface area contributed by atoms with Gasteiger partial charge >= 0.3 is 0 Å². The van der Waals surface area contributed by atoms with Crippen molar-refractivity contribution in [1.29, 1.82) is 5.26 Å². The Bertz CT molecular complexity index is 332. The first-order valence-electron chi connectivity index (χ1n) is 6.11. The van der Waals surface area contributed by atoms with Crippen molar-refractivity contribution in [3.63, 3.8) is 0 Å². The lowest BCUT2D eigenvalue weighted by Crippen LogP contribution is -2.30. The summed E-state index contributed by atoms with van der Waals surface area (Å²) in [5.41, 5.74) is 1.32. The molecule has 0 saturated heterocycles. The molecule has 0 saturated carbocycles. The average molecular weight is 232 g/mol. The Balaban J connectivity index is 2.31. The lowest BCUT2D eigenvalue weighted by molar-refractivity contribution is 0.196. The molecule has 1 aromatic rings. The SMILES string of the molecule is N#CCCCN(CCO)CCc1ccccc1. The van der Waals surface area contributed by atoms with Crippen molar-refractivity contribution in [3.05, 3.63) is 35.9 Å². The Morgan fingerprint density at radius 3 is 2.53 bits per heavy atom. The molecule has 3 nitrogen and oxygen atoms in total. The van der Waals surface area contributed by atoms with Gasteiger partial charge in [-0.05, 0) is 24.9 Å². The average Bonchev–Trinajstić information content (AvgIpc) is 2.37. The molecule has 0 heterocycles. The fourth-order valence-corrected chi connectivity index (χ4v) is 1.79. The number of rotatable bonds is 8. The Labute approximate surface area is 103 Å². The van der Waals surface area contributed by atoms with Gasteiger partial charge in [-0.3, -0.25) is 0 Å². The van der Waals surface area contributed by atoms with Crippen molar-refractivity contribution in [2.45, 2.75) is 19.3 Å². The maximum Gasteiger partial charge on any atom is 0.0622 e. The maximum atomic E-state index is 8.98. The number of aliphatic hydroxyl groups is 1. The number of aliphatic hydroxyl groups excluding tert-OH is 1. The van der Waals surface area contributed by atoms with Crippen LogP contribution in [0.25, 0.3) is 0 Å². The van der Waals surface area contributed by atoms with E-state index in [1.54, 1.807) is 0 Å². The van der Waals surface area contributed by atoms with Crippen LogP contribution >= 0.6 is 0 Å². The minimum atomic E-state index is 0.182. The van der Waals surface area contributed by atoms with Gasteiger partial charge < -0.3 is 10.0 Å². The molecule has 0 fully saturated rings. The summed E-state index contributed by atoms with van der Waals surface area (Å²) >= 11 is 0. The monoisotopic (exact) mass is 232 g/mol. The molecule has 0 aliphatic rings. The third-order valence-corrected chi connectivity index (χ3v) is 2.74. The Kier molecular flexibility index (Phi) is 7.04. The zero-order valence-electron chi connectivity index (χ0n) is 10.2. The smallest absolute Gasteiger partial charge is 0.0622 e. The van der Waals surface area contributed by atoms with E-state index < -0.39 is 0 Å². The quantitative estimate of drug-likeness (QED) is 0.696. The molecular weight excluding hydrogens is 212 g/mol. The number of nitrogens with zero attached hydrogens (tertiary/aromatic N) is 2. The summed E-state index contributed by atoms with van der Waals surface area (Å²) in [5, 5.41) is 17.5. The van der Waals surface area contributed by atoms with Crippen molar-refractivity contribution in [2.24, 2.45) is 0 Å². The molecule has 0 aromatic heterocycles. The standard InChI is InChI=1S/C14H20N2O/c15-9-4-5-10-16(12-13-17)11-8-14-6-2-1-3-7-14/h1-3,6-7,17H,4-5,8,10-13H2. The number of hydrogen-bond acceptors (Lipinski definition) is 3. The third-order valence-electron chi connectivity index (χ3n) is 2.74. The summed E-state index contributed by atoms with van der Waals surface area (Å²) in [7, 11) is 0. The van der Waals surface area contributed by atoms with E-state index in [1.807, 2.05) is 18.2 Å². The normalized spacial score (nSPS) is 10.4.